The molecule has 0 unspecified atom stereocenters. The van der Waals surface area contributed by atoms with Gasteiger partial charge in [0.2, 0.25) is 0 Å². The molecule has 0 radical (unpaired) electrons. The first-order valence-corrected chi connectivity index (χ1v) is 27.0. The van der Waals surface area contributed by atoms with Crippen molar-refractivity contribution < 1.29 is 0 Å². The van der Waals surface area contributed by atoms with Gasteiger partial charge in [0.05, 0.1) is 51.2 Å². The highest BCUT2D eigenvalue weighted by molar-refractivity contribution is 6.15. The van der Waals surface area contributed by atoms with E-state index in [4.69, 9.17) is 0 Å². The summed E-state index contributed by atoms with van der Waals surface area (Å²) in [6.07, 6.45) is 0. The summed E-state index contributed by atoms with van der Waals surface area (Å²) in [5.41, 5.74) is 21.3. The van der Waals surface area contributed by atoms with Crippen LogP contribution in [-0.4, -0.2) is 0 Å². The molecule has 13 aromatic carbocycles. The Balaban J connectivity index is 0.801. The van der Waals surface area contributed by atoms with Crippen molar-refractivity contribution in [1.29, 1.82) is 0 Å². The maximum atomic E-state index is 2.43. The number of anilines is 15. The third-order valence-electron chi connectivity index (χ3n) is 15.6. The summed E-state index contributed by atoms with van der Waals surface area (Å²) >= 11 is 0. The second kappa shape index (κ2) is 19.2. The van der Waals surface area contributed by atoms with Gasteiger partial charge in [0, 0.05) is 39.5 Å². The molecule has 13 aromatic rings. The molecule has 0 saturated heterocycles. The molecule has 5 nitrogen and oxygen atoms in total. The van der Waals surface area contributed by atoms with Crippen LogP contribution in [0.15, 0.2) is 309 Å². The van der Waals surface area contributed by atoms with Crippen molar-refractivity contribution in [1.82, 2.24) is 0 Å². The predicted molar refractivity (Wildman–Crippen MR) is 333 cm³/mol. The van der Waals surface area contributed by atoms with Crippen LogP contribution in [-0.2, 0) is 0 Å². The smallest absolute Gasteiger partial charge is 0.0703 e. The van der Waals surface area contributed by atoms with Crippen LogP contribution >= 0.6 is 0 Å². The summed E-state index contributed by atoms with van der Waals surface area (Å²) in [6, 6.07) is 112. The van der Waals surface area contributed by atoms with Gasteiger partial charge in [-0.2, -0.15) is 0 Å². The summed E-state index contributed by atoms with van der Waals surface area (Å²) in [4.78, 5) is 12.0. The second-order valence-electron chi connectivity index (χ2n) is 20.2. The van der Waals surface area contributed by atoms with E-state index in [2.05, 4.69) is 334 Å². The van der Waals surface area contributed by atoms with E-state index in [0.717, 1.165) is 108 Å². The second-order valence-corrected chi connectivity index (χ2v) is 20.2. The van der Waals surface area contributed by atoms with Gasteiger partial charge in [-0.15, -0.1) is 0 Å². The fourth-order valence-electron chi connectivity index (χ4n) is 12.1. The van der Waals surface area contributed by atoms with E-state index in [1.165, 1.54) is 21.5 Å². The Labute approximate surface area is 460 Å². The zero-order valence-electron chi connectivity index (χ0n) is 43.2. The molecular formula is C74H51N5. The van der Waals surface area contributed by atoms with Crippen LogP contribution in [0.1, 0.15) is 0 Å². The molecule has 0 atom stereocenters. The summed E-state index contributed by atoms with van der Waals surface area (Å²) < 4.78 is 0. The molecule has 0 aromatic heterocycles. The van der Waals surface area contributed by atoms with Crippen molar-refractivity contribution in [3.63, 3.8) is 0 Å². The molecule has 0 saturated carbocycles. The van der Waals surface area contributed by atoms with Crippen molar-refractivity contribution >= 4 is 107 Å². The van der Waals surface area contributed by atoms with E-state index in [1.807, 2.05) is 0 Å². The first kappa shape index (κ1) is 45.7. The molecule has 2 aliphatic heterocycles. The number of benzene rings is 13. The highest BCUT2D eigenvalue weighted by Crippen LogP contribution is 2.56. The van der Waals surface area contributed by atoms with Gasteiger partial charge in [-0.05, 0) is 166 Å². The largest absolute Gasteiger partial charge is 0.310 e. The van der Waals surface area contributed by atoms with Gasteiger partial charge in [0.15, 0.2) is 0 Å². The molecule has 0 fully saturated rings. The van der Waals surface area contributed by atoms with E-state index >= 15 is 0 Å². The molecule has 0 bridgehead atoms. The third-order valence-corrected chi connectivity index (χ3v) is 15.6. The van der Waals surface area contributed by atoms with Crippen LogP contribution < -0.4 is 24.5 Å². The number of hydrogen-bond acceptors (Lipinski definition) is 5. The van der Waals surface area contributed by atoms with E-state index in [0.29, 0.717) is 0 Å². The fraction of sp³-hybridized carbons (Fsp3) is 0. The van der Waals surface area contributed by atoms with E-state index in [-0.39, 0.29) is 0 Å². The molecule has 0 amide bonds. The molecular weight excluding hydrogens is 959 g/mol. The lowest BCUT2D eigenvalue weighted by Gasteiger charge is -2.40. The minimum atomic E-state index is 1.07. The summed E-state index contributed by atoms with van der Waals surface area (Å²) in [5.74, 6) is 0. The normalized spacial score (nSPS) is 12.5. The van der Waals surface area contributed by atoms with Crippen LogP contribution in [0.4, 0.5) is 85.3 Å². The summed E-state index contributed by atoms with van der Waals surface area (Å²) in [6.45, 7) is 0. The molecule has 0 aliphatic carbocycles. The maximum Gasteiger partial charge on any atom is 0.0703 e. The average molecular weight is 1010 g/mol. The molecule has 372 valence electrons. The maximum absolute atomic E-state index is 2.43. The fourth-order valence-corrected chi connectivity index (χ4v) is 12.1. The Morgan fingerprint density at radius 2 is 0.519 bits per heavy atom. The number of para-hydroxylation sites is 10. The third kappa shape index (κ3) is 7.86. The monoisotopic (exact) mass is 1010 g/mol. The first-order valence-electron chi connectivity index (χ1n) is 27.0. The Morgan fingerprint density at radius 3 is 0.924 bits per heavy atom. The molecule has 15 rings (SSSR count). The Hall–Kier alpha value is -10.6. The first-order chi connectivity index (χ1) is 39.2. The zero-order chi connectivity index (χ0) is 52.2. The van der Waals surface area contributed by atoms with Gasteiger partial charge in [0.1, 0.15) is 0 Å². The lowest BCUT2D eigenvalue weighted by atomic mass is 9.98. The highest BCUT2D eigenvalue weighted by Gasteiger charge is 2.32. The van der Waals surface area contributed by atoms with Gasteiger partial charge in [-0.25, -0.2) is 0 Å². The van der Waals surface area contributed by atoms with Crippen molar-refractivity contribution in [2.24, 2.45) is 0 Å². The lowest BCUT2D eigenvalue weighted by Crippen LogP contribution is -2.23. The molecule has 5 heteroatoms. The Bertz CT molecular complexity index is 4080. The Morgan fingerprint density at radius 1 is 0.203 bits per heavy atom. The van der Waals surface area contributed by atoms with Gasteiger partial charge in [0.25, 0.3) is 0 Å². The zero-order valence-corrected chi connectivity index (χ0v) is 43.2. The molecule has 0 N–H and O–H groups in total. The van der Waals surface area contributed by atoms with Gasteiger partial charge >= 0.3 is 0 Å². The number of nitrogens with zero attached hydrogens (tertiary/aromatic N) is 5. The van der Waals surface area contributed by atoms with Crippen LogP contribution in [0.5, 0.6) is 0 Å². The van der Waals surface area contributed by atoms with Crippen LogP contribution in [0.2, 0.25) is 0 Å². The molecule has 0 spiro atoms. The number of rotatable bonds is 9. The quantitative estimate of drug-likeness (QED) is 0.134. The van der Waals surface area contributed by atoms with Crippen LogP contribution in [0.3, 0.4) is 0 Å². The van der Waals surface area contributed by atoms with Gasteiger partial charge in [-0.3, -0.25) is 0 Å². The van der Waals surface area contributed by atoms with Crippen LogP contribution in [0, 0.1) is 0 Å². The van der Waals surface area contributed by atoms with E-state index in [9.17, 15) is 0 Å². The molecule has 2 heterocycles. The number of hydrogen-bond donors (Lipinski definition) is 0. The predicted octanol–water partition coefficient (Wildman–Crippen LogP) is 21.3. The van der Waals surface area contributed by atoms with E-state index in [1.54, 1.807) is 0 Å². The Kier molecular flexibility index (Phi) is 11.1. The topological polar surface area (TPSA) is 16.2 Å². The van der Waals surface area contributed by atoms with Crippen molar-refractivity contribution in [2.45, 2.75) is 0 Å². The highest BCUT2D eigenvalue weighted by atomic mass is 15.3. The standard InChI is InChI=1S/C74H51N5/c1-3-24-57(25-4-1)76-66-33-11-15-37-70(66)78(71-38-16-12-34-67(71)76)61-28-19-22-54(49-61)52-41-45-59(46-42-52)75(74-51-56-21-7-8-30-63(56)64-31-9-10-32-65(64)74)60-47-43-53(44-48-60)55-23-20-29-62(50-55)79-72-39-17-13-35-68(72)77(58-26-5-2-6-27-58)69-36-14-18-40-73(69)79/h1-51H. The summed E-state index contributed by atoms with van der Waals surface area (Å²) in [5, 5.41) is 4.85. The van der Waals surface area contributed by atoms with Gasteiger partial charge in [-0.1, -0.05) is 182 Å². The lowest BCUT2D eigenvalue weighted by molar-refractivity contribution is 1.17. The van der Waals surface area contributed by atoms with Crippen molar-refractivity contribution in [3.8, 4) is 22.3 Å². The number of fused-ring (bicyclic) bond motifs is 7. The molecule has 79 heavy (non-hydrogen) atoms. The van der Waals surface area contributed by atoms with Gasteiger partial charge < -0.3 is 24.5 Å². The average Bonchev–Trinajstić information content (AvgIpc) is 3.72. The van der Waals surface area contributed by atoms with E-state index < -0.39 is 0 Å². The molecule has 2 aliphatic rings. The SMILES string of the molecule is c1ccc(N2c3ccccc3N(c3cccc(-c4ccc(N(c5ccc(-c6cccc(N7c8ccccc8N(c8ccccc8)c8ccccc87)c6)cc5)c5cc6ccccc6c6ccccc56)cc4)c3)c3ccccc32)cc1. The minimum Gasteiger partial charge on any atom is -0.310 e. The van der Waals surface area contributed by atoms with Crippen molar-refractivity contribution in [3.05, 3.63) is 309 Å². The van der Waals surface area contributed by atoms with Crippen molar-refractivity contribution in [2.75, 3.05) is 24.5 Å². The minimum absolute atomic E-state index is 1.07. The van der Waals surface area contributed by atoms with Crippen LogP contribution in [0.25, 0.3) is 43.8 Å². The summed E-state index contributed by atoms with van der Waals surface area (Å²) in [7, 11) is 0.